The van der Waals surface area contributed by atoms with E-state index in [1.54, 1.807) is 7.11 Å². The normalized spacial score (nSPS) is 14.2. The van der Waals surface area contributed by atoms with Crippen LogP contribution in [0.3, 0.4) is 0 Å². The molecule has 3 rings (SSSR count). The van der Waals surface area contributed by atoms with Crippen LogP contribution < -0.4 is 9.64 Å². The van der Waals surface area contributed by atoms with E-state index in [4.69, 9.17) is 4.74 Å². The Hall–Kier alpha value is -2.21. The summed E-state index contributed by atoms with van der Waals surface area (Å²) in [5, 5.41) is 0. The third kappa shape index (κ3) is 4.45. The molecule has 0 spiro atoms. The van der Waals surface area contributed by atoms with Gasteiger partial charge in [0.05, 0.1) is 13.5 Å². The lowest BCUT2D eigenvalue weighted by atomic mass is 10.1. The first-order valence-corrected chi connectivity index (χ1v) is 8.38. The van der Waals surface area contributed by atoms with E-state index in [1.165, 1.54) is 0 Å². The molecule has 2 aromatic rings. The number of hydrogen-bond donors (Lipinski definition) is 0. The van der Waals surface area contributed by atoms with Crippen molar-refractivity contribution >= 4 is 24.3 Å². The van der Waals surface area contributed by atoms with Gasteiger partial charge in [-0.1, -0.05) is 12.1 Å². The number of benzene rings is 1. The number of amides is 1. The number of ether oxygens (including phenoxy) is 1. The molecule has 1 saturated heterocycles. The number of carbonyl (C=O) groups is 1. The van der Waals surface area contributed by atoms with E-state index < -0.39 is 0 Å². The molecular weight excluding hydrogens is 340 g/mol. The Labute approximate surface area is 154 Å². The smallest absolute Gasteiger partial charge is 0.227 e. The third-order valence-electron chi connectivity index (χ3n) is 4.46. The van der Waals surface area contributed by atoms with Gasteiger partial charge >= 0.3 is 0 Å². The van der Waals surface area contributed by atoms with Crippen molar-refractivity contribution < 1.29 is 9.53 Å². The molecular formula is C18H25ClN4O2. The molecule has 0 unspecified atom stereocenters. The van der Waals surface area contributed by atoms with Crippen molar-refractivity contribution in [2.24, 2.45) is 0 Å². The zero-order chi connectivity index (χ0) is 16.9. The molecule has 1 aliphatic heterocycles. The molecule has 0 atom stereocenters. The van der Waals surface area contributed by atoms with E-state index in [1.807, 2.05) is 41.6 Å². The van der Waals surface area contributed by atoms with Crippen LogP contribution in [0.1, 0.15) is 12.5 Å². The topological polar surface area (TPSA) is 50.6 Å². The van der Waals surface area contributed by atoms with Crippen molar-refractivity contribution in [1.82, 2.24) is 14.5 Å². The molecule has 7 heteroatoms. The monoisotopic (exact) mass is 364 g/mol. The lowest BCUT2D eigenvalue weighted by Crippen LogP contribution is -2.49. The van der Waals surface area contributed by atoms with Crippen molar-refractivity contribution in [3.05, 3.63) is 42.2 Å². The Kier molecular flexibility index (Phi) is 6.70. The van der Waals surface area contributed by atoms with E-state index in [2.05, 4.69) is 21.4 Å². The van der Waals surface area contributed by atoms with Crippen molar-refractivity contribution in [2.45, 2.75) is 19.9 Å². The zero-order valence-corrected chi connectivity index (χ0v) is 15.5. The maximum Gasteiger partial charge on any atom is 0.227 e. The summed E-state index contributed by atoms with van der Waals surface area (Å²) in [4.78, 5) is 21.1. The Morgan fingerprint density at radius 1 is 1.16 bits per heavy atom. The van der Waals surface area contributed by atoms with E-state index in [0.29, 0.717) is 6.42 Å². The highest BCUT2D eigenvalue weighted by Crippen LogP contribution is 2.16. The second-order valence-corrected chi connectivity index (χ2v) is 5.91. The van der Waals surface area contributed by atoms with Gasteiger partial charge in [0.25, 0.3) is 0 Å². The molecule has 1 aromatic heterocycles. The predicted molar refractivity (Wildman–Crippen MR) is 101 cm³/mol. The molecule has 25 heavy (non-hydrogen) atoms. The number of aromatic nitrogens is 2. The number of rotatable bonds is 5. The first kappa shape index (κ1) is 19.1. The van der Waals surface area contributed by atoms with Gasteiger partial charge < -0.3 is 19.1 Å². The average molecular weight is 365 g/mol. The van der Waals surface area contributed by atoms with E-state index >= 15 is 0 Å². The minimum absolute atomic E-state index is 0. The number of halogens is 1. The molecule has 2 heterocycles. The molecule has 0 saturated carbocycles. The van der Waals surface area contributed by atoms with Crippen LogP contribution in [0.5, 0.6) is 5.75 Å². The molecule has 136 valence electrons. The molecule has 1 aromatic carbocycles. The summed E-state index contributed by atoms with van der Waals surface area (Å²) in [6, 6.07) is 7.69. The summed E-state index contributed by atoms with van der Waals surface area (Å²) >= 11 is 0. The van der Waals surface area contributed by atoms with Crippen LogP contribution in [-0.4, -0.2) is 53.6 Å². The highest BCUT2D eigenvalue weighted by Gasteiger charge is 2.23. The molecule has 0 N–H and O–H groups in total. The summed E-state index contributed by atoms with van der Waals surface area (Å²) in [7, 11) is 1.64. The summed E-state index contributed by atoms with van der Waals surface area (Å²) in [6.07, 6.45) is 4.27. The predicted octanol–water partition coefficient (Wildman–Crippen LogP) is 2.22. The Bertz CT molecular complexity index is 679. The fourth-order valence-electron chi connectivity index (χ4n) is 3.02. The molecule has 0 radical (unpaired) electrons. The Balaban J connectivity index is 0.00000225. The summed E-state index contributed by atoms with van der Waals surface area (Å²) in [6.45, 7) is 6.15. The Morgan fingerprint density at radius 3 is 2.44 bits per heavy atom. The quantitative estimate of drug-likeness (QED) is 0.816. The number of carbonyl (C=O) groups excluding carboxylic acids is 1. The number of aryl methyl sites for hydroxylation is 1. The maximum atomic E-state index is 12.5. The second-order valence-electron chi connectivity index (χ2n) is 5.91. The van der Waals surface area contributed by atoms with E-state index in [0.717, 1.165) is 50.0 Å². The third-order valence-corrected chi connectivity index (χ3v) is 4.46. The second kappa shape index (κ2) is 8.76. The van der Waals surface area contributed by atoms with Gasteiger partial charge in [0.2, 0.25) is 11.9 Å². The molecule has 1 amide bonds. The van der Waals surface area contributed by atoms with E-state index in [-0.39, 0.29) is 18.3 Å². The molecule has 1 aliphatic rings. The minimum Gasteiger partial charge on any atom is -0.497 e. The van der Waals surface area contributed by atoms with Crippen LogP contribution in [0.25, 0.3) is 0 Å². The van der Waals surface area contributed by atoms with Gasteiger partial charge in [-0.3, -0.25) is 4.79 Å². The first-order chi connectivity index (χ1) is 11.7. The Morgan fingerprint density at radius 2 is 1.84 bits per heavy atom. The van der Waals surface area contributed by atoms with Crippen molar-refractivity contribution in [3.8, 4) is 5.75 Å². The number of methoxy groups -OCH3 is 1. The van der Waals surface area contributed by atoms with Crippen molar-refractivity contribution in [2.75, 3.05) is 38.2 Å². The highest BCUT2D eigenvalue weighted by atomic mass is 35.5. The van der Waals surface area contributed by atoms with Crippen LogP contribution in [0.15, 0.2) is 36.7 Å². The van der Waals surface area contributed by atoms with Gasteiger partial charge in [-0.05, 0) is 24.6 Å². The summed E-state index contributed by atoms with van der Waals surface area (Å²) < 4.78 is 7.28. The molecule has 6 nitrogen and oxygen atoms in total. The van der Waals surface area contributed by atoms with Gasteiger partial charge in [-0.15, -0.1) is 12.4 Å². The molecule has 1 fully saturated rings. The lowest BCUT2D eigenvalue weighted by molar-refractivity contribution is -0.130. The summed E-state index contributed by atoms with van der Waals surface area (Å²) in [5.74, 6) is 1.99. The van der Waals surface area contributed by atoms with Gasteiger partial charge in [0.1, 0.15) is 5.75 Å². The number of piperazine rings is 1. The number of imidazole rings is 1. The van der Waals surface area contributed by atoms with Gasteiger partial charge in [0.15, 0.2) is 0 Å². The minimum atomic E-state index is 0. The van der Waals surface area contributed by atoms with Gasteiger partial charge in [-0.2, -0.15) is 0 Å². The van der Waals surface area contributed by atoms with Crippen LogP contribution in [0.4, 0.5) is 5.95 Å². The number of hydrogen-bond acceptors (Lipinski definition) is 4. The molecule has 0 bridgehead atoms. The lowest BCUT2D eigenvalue weighted by Gasteiger charge is -2.35. The first-order valence-electron chi connectivity index (χ1n) is 8.38. The van der Waals surface area contributed by atoms with Crippen molar-refractivity contribution in [3.63, 3.8) is 0 Å². The molecule has 0 aliphatic carbocycles. The average Bonchev–Trinajstić information content (AvgIpc) is 3.11. The highest BCUT2D eigenvalue weighted by molar-refractivity contribution is 5.85. The maximum absolute atomic E-state index is 12.5. The largest absolute Gasteiger partial charge is 0.497 e. The van der Waals surface area contributed by atoms with Crippen LogP contribution >= 0.6 is 12.4 Å². The van der Waals surface area contributed by atoms with Crippen LogP contribution in [0, 0.1) is 0 Å². The fraction of sp³-hybridized carbons (Fsp3) is 0.444. The summed E-state index contributed by atoms with van der Waals surface area (Å²) in [5.41, 5.74) is 1.02. The van der Waals surface area contributed by atoms with Crippen molar-refractivity contribution in [1.29, 1.82) is 0 Å². The SMILES string of the molecule is CCn1ccnc1N1CCN(C(=O)Cc2ccc(OC)cc2)CC1.Cl. The number of nitrogens with zero attached hydrogens (tertiary/aromatic N) is 4. The fourth-order valence-corrected chi connectivity index (χ4v) is 3.02. The van der Waals surface area contributed by atoms with Crippen LogP contribution in [0.2, 0.25) is 0 Å². The number of anilines is 1. The van der Waals surface area contributed by atoms with E-state index in [9.17, 15) is 4.79 Å². The van der Waals surface area contributed by atoms with Gasteiger partial charge in [0, 0.05) is 45.1 Å². The van der Waals surface area contributed by atoms with Crippen LogP contribution in [-0.2, 0) is 17.8 Å². The zero-order valence-electron chi connectivity index (χ0n) is 14.7. The standard InChI is InChI=1S/C18H24N4O2.ClH/c1-3-20-9-8-19-18(20)22-12-10-21(11-13-22)17(23)14-15-4-6-16(24-2)7-5-15;/h4-9H,3,10-14H2,1-2H3;1H. The van der Waals surface area contributed by atoms with Gasteiger partial charge in [-0.25, -0.2) is 4.98 Å².